The maximum atomic E-state index is 12.8. The van der Waals surface area contributed by atoms with E-state index in [4.69, 9.17) is 0 Å². The van der Waals surface area contributed by atoms with E-state index in [0.717, 1.165) is 12.8 Å². The standard InChI is InChI=1S/C17H27NO3S/c1-13(15-5-3-2-4-6-15)18(16-7-8-16)17(19)11-14-9-10-22(20,21)12-14/h9-10,13-16H,2-8,11-12H2,1H3. The lowest BCUT2D eigenvalue weighted by molar-refractivity contribution is -0.135. The Morgan fingerprint density at radius 2 is 1.86 bits per heavy atom. The molecule has 2 aliphatic carbocycles. The summed E-state index contributed by atoms with van der Waals surface area (Å²) < 4.78 is 23.0. The molecule has 5 heteroatoms. The first-order valence-corrected chi connectivity index (χ1v) is 10.4. The highest BCUT2D eigenvalue weighted by Gasteiger charge is 2.39. The minimum atomic E-state index is -3.06. The number of hydrogen-bond donors (Lipinski definition) is 0. The van der Waals surface area contributed by atoms with Crippen LogP contribution in [0.1, 0.15) is 58.3 Å². The second-order valence-corrected chi connectivity index (χ2v) is 9.22. The molecule has 1 heterocycles. The minimum Gasteiger partial charge on any atom is -0.337 e. The number of rotatable bonds is 5. The van der Waals surface area contributed by atoms with Gasteiger partial charge in [0.15, 0.2) is 9.84 Å². The normalized spacial score (nSPS) is 29.4. The lowest BCUT2D eigenvalue weighted by Gasteiger charge is -2.37. The number of carbonyl (C=O) groups excluding carboxylic acids is 1. The van der Waals surface area contributed by atoms with Crippen LogP contribution in [0.3, 0.4) is 0 Å². The van der Waals surface area contributed by atoms with Crippen molar-refractivity contribution >= 4 is 15.7 Å². The van der Waals surface area contributed by atoms with E-state index in [1.54, 1.807) is 6.08 Å². The highest BCUT2D eigenvalue weighted by molar-refractivity contribution is 7.94. The van der Waals surface area contributed by atoms with Gasteiger partial charge in [0.1, 0.15) is 0 Å². The van der Waals surface area contributed by atoms with Gasteiger partial charge in [-0.1, -0.05) is 25.3 Å². The van der Waals surface area contributed by atoms with Crippen LogP contribution >= 0.6 is 0 Å². The quantitative estimate of drug-likeness (QED) is 0.781. The van der Waals surface area contributed by atoms with Crippen LogP contribution in [0.4, 0.5) is 0 Å². The van der Waals surface area contributed by atoms with Crippen molar-refractivity contribution in [1.29, 1.82) is 0 Å². The Labute approximate surface area is 133 Å². The smallest absolute Gasteiger partial charge is 0.223 e. The highest BCUT2D eigenvalue weighted by Crippen LogP contribution is 2.36. The number of amides is 1. The predicted octanol–water partition coefficient (Wildman–Crippen LogP) is 2.89. The van der Waals surface area contributed by atoms with Crippen molar-refractivity contribution in [2.24, 2.45) is 11.8 Å². The van der Waals surface area contributed by atoms with Crippen molar-refractivity contribution < 1.29 is 13.2 Å². The van der Waals surface area contributed by atoms with Crippen LogP contribution in [0.5, 0.6) is 0 Å². The molecule has 2 saturated carbocycles. The average molecular weight is 325 g/mol. The van der Waals surface area contributed by atoms with E-state index in [2.05, 4.69) is 11.8 Å². The van der Waals surface area contributed by atoms with E-state index < -0.39 is 9.84 Å². The molecular weight excluding hydrogens is 298 g/mol. The van der Waals surface area contributed by atoms with Crippen LogP contribution in [-0.2, 0) is 14.6 Å². The SMILES string of the molecule is CC(C1CCCCC1)N(C(=O)CC1C=CS(=O)(=O)C1)C1CC1. The number of carbonyl (C=O) groups is 1. The molecule has 3 rings (SSSR count). The maximum absolute atomic E-state index is 12.8. The summed E-state index contributed by atoms with van der Waals surface area (Å²) in [4.78, 5) is 14.9. The van der Waals surface area contributed by atoms with Crippen molar-refractivity contribution in [3.05, 3.63) is 11.5 Å². The molecular formula is C17H27NO3S. The van der Waals surface area contributed by atoms with E-state index in [1.807, 2.05) is 0 Å². The van der Waals surface area contributed by atoms with Gasteiger partial charge >= 0.3 is 0 Å². The van der Waals surface area contributed by atoms with E-state index >= 15 is 0 Å². The van der Waals surface area contributed by atoms with Gasteiger partial charge in [-0.25, -0.2) is 8.42 Å². The Hall–Kier alpha value is -0.840. The van der Waals surface area contributed by atoms with Crippen molar-refractivity contribution in [2.45, 2.75) is 70.4 Å². The molecule has 3 aliphatic rings. The van der Waals surface area contributed by atoms with Gasteiger partial charge in [-0.3, -0.25) is 4.79 Å². The van der Waals surface area contributed by atoms with Gasteiger partial charge < -0.3 is 4.90 Å². The molecule has 0 spiro atoms. The number of hydrogen-bond acceptors (Lipinski definition) is 3. The molecule has 1 aliphatic heterocycles. The molecule has 0 radical (unpaired) electrons. The number of allylic oxidation sites excluding steroid dienone is 1. The van der Waals surface area contributed by atoms with Crippen LogP contribution < -0.4 is 0 Å². The first-order valence-electron chi connectivity index (χ1n) is 8.68. The molecule has 0 saturated heterocycles. The Bertz CT molecular complexity index is 544. The lowest BCUT2D eigenvalue weighted by atomic mass is 9.83. The molecule has 0 bridgehead atoms. The third-order valence-electron chi connectivity index (χ3n) is 5.44. The monoisotopic (exact) mass is 325 g/mol. The van der Waals surface area contributed by atoms with Gasteiger partial charge in [0, 0.05) is 29.8 Å². The Kier molecular flexibility index (Phi) is 4.62. The van der Waals surface area contributed by atoms with Gasteiger partial charge in [-0.15, -0.1) is 0 Å². The molecule has 0 N–H and O–H groups in total. The third kappa shape index (κ3) is 3.73. The molecule has 22 heavy (non-hydrogen) atoms. The Morgan fingerprint density at radius 3 is 2.41 bits per heavy atom. The van der Waals surface area contributed by atoms with E-state index in [-0.39, 0.29) is 17.6 Å². The predicted molar refractivity (Wildman–Crippen MR) is 86.9 cm³/mol. The minimum absolute atomic E-state index is 0.106. The number of sulfone groups is 1. The Balaban J connectivity index is 1.63. The topological polar surface area (TPSA) is 54.5 Å². The van der Waals surface area contributed by atoms with Gasteiger partial charge in [0.25, 0.3) is 0 Å². The molecule has 0 aromatic heterocycles. The van der Waals surface area contributed by atoms with Gasteiger partial charge in [0.2, 0.25) is 5.91 Å². The lowest BCUT2D eigenvalue weighted by Crippen LogP contribution is -2.45. The van der Waals surface area contributed by atoms with E-state index in [1.165, 1.54) is 37.5 Å². The van der Waals surface area contributed by atoms with Crippen molar-refractivity contribution in [3.8, 4) is 0 Å². The summed E-state index contributed by atoms with van der Waals surface area (Å²) in [5.74, 6) is 0.764. The summed E-state index contributed by atoms with van der Waals surface area (Å²) in [5.41, 5.74) is 0. The van der Waals surface area contributed by atoms with Crippen molar-refractivity contribution in [1.82, 2.24) is 4.90 Å². The second-order valence-electron chi connectivity index (χ2n) is 7.29. The van der Waals surface area contributed by atoms with E-state index in [9.17, 15) is 13.2 Å². The maximum Gasteiger partial charge on any atom is 0.223 e. The average Bonchev–Trinajstić information content (AvgIpc) is 3.24. The van der Waals surface area contributed by atoms with Crippen molar-refractivity contribution in [2.75, 3.05) is 5.75 Å². The fraction of sp³-hybridized carbons (Fsp3) is 0.824. The fourth-order valence-electron chi connectivity index (χ4n) is 4.06. The summed E-state index contributed by atoms with van der Waals surface area (Å²) in [6, 6.07) is 0.716. The first kappa shape index (κ1) is 16.0. The zero-order valence-corrected chi connectivity index (χ0v) is 14.2. The summed E-state index contributed by atoms with van der Waals surface area (Å²) in [5, 5.41) is 1.27. The molecule has 124 valence electrons. The molecule has 0 aromatic carbocycles. The molecule has 1 amide bonds. The molecule has 2 fully saturated rings. The summed E-state index contributed by atoms with van der Waals surface area (Å²) >= 11 is 0. The first-order chi connectivity index (χ1) is 10.5. The van der Waals surface area contributed by atoms with Crippen LogP contribution in [0.25, 0.3) is 0 Å². The third-order valence-corrected chi connectivity index (χ3v) is 6.90. The molecule has 2 atom stereocenters. The molecule has 4 nitrogen and oxygen atoms in total. The van der Waals surface area contributed by atoms with Crippen molar-refractivity contribution in [3.63, 3.8) is 0 Å². The summed E-state index contributed by atoms with van der Waals surface area (Å²) in [6.45, 7) is 2.20. The zero-order chi connectivity index (χ0) is 15.7. The zero-order valence-electron chi connectivity index (χ0n) is 13.4. The van der Waals surface area contributed by atoms with Crippen LogP contribution in [0, 0.1) is 11.8 Å². The van der Waals surface area contributed by atoms with Gasteiger partial charge in [-0.05, 0) is 38.5 Å². The fourth-order valence-corrected chi connectivity index (χ4v) is 5.46. The Morgan fingerprint density at radius 1 is 1.18 bits per heavy atom. The summed E-state index contributed by atoms with van der Waals surface area (Å²) in [6.07, 6.45) is 10.6. The van der Waals surface area contributed by atoms with E-state index in [0.29, 0.717) is 24.4 Å². The molecule has 0 aromatic rings. The highest BCUT2D eigenvalue weighted by atomic mass is 32.2. The van der Waals surface area contributed by atoms with Crippen LogP contribution in [0.2, 0.25) is 0 Å². The molecule has 2 unspecified atom stereocenters. The number of nitrogens with zero attached hydrogens (tertiary/aromatic N) is 1. The van der Waals surface area contributed by atoms with Gasteiger partial charge in [-0.2, -0.15) is 0 Å². The largest absolute Gasteiger partial charge is 0.337 e. The summed E-state index contributed by atoms with van der Waals surface area (Å²) in [7, 11) is -3.06. The second kappa shape index (κ2) is 6.34. The van der Waals surface area contributed by atoms with Gasteiger partial charge in [0.05, 0.1) is 5.75 Å². The van der Waals surface area contributed by atoms with Crippen LogP contribution in [0.15, 0.2) is 11.5 Å². The van der Waals surface area contributed by atoms with Crippen LogP contribution in [-0.4, -0.2) is 37.1 Å².